The second-order valence-electron chi connectivity index (χ2n) is 11.3. The van der Waals surface area contributed by atoms with Gasteiger partial charge in [-0.05, 0) is 57.9 Å². The number of unbranched alkanes of at least 4 members (excludes halogenated alkanes) is 2. The van der Waals surface area contributed by atoms with E-state index >= 15 is 0 Å². The zero-order valence-corrected chi connectivity index (χ0v) is 24.0. The molecule has 214 valence electrons. The Bertz CT molecular complexity index is 1630. The second kappa shape index (κ2) is 12.4. The van der Waals surface area contributed by atoms with E-state index in [1.807, 2.05) is 50.4 Å². The molecule has 2 aromatic heterocycles. The molecular weight excluding hydrogens is 514 g/mol. The molecule has 41 heavy (non-hydrogen) atoms. The Labute approximate surface area is 241 Å². The predicted octanol–water partition coefficient (Wildman–Crippen LogP) is 6.69. The molecule has 1 saturated heterocycles. The van der Waals surface area contributed by atoms with E-state index < -0.39 is 0 Å². The van der Waals surface area contributed by atoms with Gasteiger partial charge in [-0.3, -0.25) is 9.69 Å². The quantitative estimate of drug-likeness (QED) is 0.184. The number of nitrogens with one attached hydrogen (secondary N) is 1. The van der Waals surface area contributed by atoms with Gasteiger partial charge in [0.15, 0.2) is 0 Å². The number of piperazine rings is 1. The number of rotatable bonds is 11. The number of para-hydroxylation sites is 2. The van der Waals surface area contributed by atoms with Crippen LogP contribution in [-0.2, 0) is 4.79 Å². The van der Waals surface area contributed by atoms with E-state index in [1.54, 1.807) is 0 Å². The molecule has 7 heteroatoms. The highest BCUT2D eigenvalue weighted by molar-refractivity contribution is 6.11. The number of carbonyl (C=O) groups is 1. The number of benzene rings is 3. The third kappa shape index (κ3) is 6.26. The number of amides is 1. The molecule has 3 heterocycles. The van der Waals surface area contributed by atoms with Crippen LogP contribution in [0.2, 0.25) is 0 Å². The molecule has 1 aliphatic rings. The molecular formula is C34H39N3O4. The van der Waals surface area contributed by atoms with Gasteiger partial charge in [0.05, 0.1) is 19.4 Å². The Balaban J connectivity index is 0.970. The molecule has 0 spiro atoms. The SMILES string of the molecule is CC(C)NC(=O)CN1CCN(CCCCCOc2ccc3c(-c4cccc5c4oc4ccccc45)coc3c2)CC1. The minimum Gasteiger partial charge on any atom is -0.493 e. The van der Waals surface area contributed by atoms with Gasteiger partial charge in [-0.2, -0.15) is 0 Å². The Morgan fingerprint density at radius 2 is 1.66 bits per heavy atom. The molecule has 1 aliphatic heterocycles. The third-order valence-electron chi connectivity index (χ3n) is 7.91. The lowest BCUT2D eigenvalue weighted by Gasteiger charge is -2.34. The van der Waals surface area contributed by atoms with Crippen LogP contribution in [0.15, 0.2) is 75.8 Å². The fourth-order valence-corrected chi connectivity index (χ4v) is 5.81. The number of ether oxygens (including phenoxy) is 1. The summed E-state index contributed by atoms with van der Waals surface area (Å²) in [6.07, 6.45) is 5.12. The summed E-state index contributed by atoms with van der Waals surface area (Å²) in [6.45, 7) is 10.3. The van der Waals surface area contributed by atoms with Gasteiger partial charge in [-0.25, -0.2) is 0 Å². The first kappa shape index (κ1) is 27.4. The van der Waals surface area contributed by atoms with Gasteiger partial charge in [0, 0.05) is 65.6 Å². The number of hydrogen-bond donors (Lipinski definition) is 1. The summed E-state index contributed by atoms with van der Waals surface area (Å²) in [4.78, 5) is 16.7. The van der Waals surface area contributed by atoms with Crippen molar-refractivity contribution < 1.29 is 18.4 Å². The number of fused-ring (bicyclic) bond motifs is 4. The summed E-state index contributed by atoms with van der Waals surface area (Å²) in [7, 11) is 0. The zero-order valence-electron chi connectivity index (χ0n) is 24.0. The highest BCUT2D eigenvalue weighted by atomic mass is 16.5. The summed E-state index contributed by atoms with van der Waals surface area (Å²) < 4.78 is 18.3. The maximum Gasteiger partial charge on any atom is 0.234 e. The Hall–Kier alpha value is -3.81. The lowest BCUT2D eigenvalue weighted by Crippen LogP contribution is -2.50. The van der Waals surface area contributed by atoms with Gasteiger partial charge in [0.25, 0.3) is 0 Å². The van der Waals surface area contributed by atoms with Crippen molar-refractivity contribution in [3.05, 3.63) is 66.9 Å². The highest BCUT2D eigenvalue weighted by Crippen LogP contribution is 2.39. The maximum atomic E-state index is 12.0. The monoisotopic (exact) mass is 553 g/mol. The first-order chi connectivity index (χ1) is 20.0. The standard InChI is InChI=1S/C34H39N3O4/c1-24(2)35-33(38)22-37-18-16-36(17-19-37)15-6-3-7-20-39-25-13-14-27-30(23-40-32(27)21-25)29-11-8-10-28-26-9-4-5-12-31(26)41-34(28)29/h4-5,8-14,21,23-24H,3,6-7,15-20,22H2,1-2H3,(H,35,38). The molecule has 0 bridgehead atoms. The van der Waals surface area contributed by atoms with E-state index in [2.05, 4.69) is 45.4 Å². The fourth-order valence-electron chi connectivity index (χ4n) is 5.81. The summed E-state index contributed by atoms with van der Waals surface area (Å²) >= 11 is 0. The predicted molar refractivity (Wildman–Crippen MR) is 164 cm³/mol. The normalized spacial score (nSPS) is 14.9. The molecule has 5 aromatic rings. The fraction of sp³-hybridized carbons (Fsp3) is 0.382. The van der Waals surface area contributed by atoms with Crippen LogP contribution in [0.5, 0.6) is 5.75 Å². The van der Waals surface area contributed by atoms with E-state index in [0.29, 0.717) is 13.2 Å². The summed E-state index contributed by atoms with van der Waals surface area (Å²) in [5.74, 6) is 0.957. The van der Waals surface area contributed by atoms with Crippen LogP contribution in [0, 0.1) is 0 Å². The van der Waals surface area contributed by atoms with Crippen LogP contribution in [0.3, 0.4) is 0 Å². The minimum atomic E-state index is 0.125. The van der Waals surface area contributed by atoms with E-state index in [9.17, 15) is 4.79 Å². The first-order valence-corrected chi connectivity index (χ1v) is 14.8. The highest BCUT2D eigenvalue weighted by Gasteiger charge is 2.19. The van der Waals surface area contributed by atoms with Gasteiger partial charge < -0.3 is 23.8 Å². The Morgan fingerprint density at radius 1 is 0.854 bits per heavy atom. The molecule has 0 radical (unpaired) electrons. The van der Waals surface area contributed by atoms with Crippen molar-refractivity contribution >= 4 is 38.8 Å². The van der Waals surface area contributed by atoms with Gasteiger partial charge >= 0.3 is 0 Å². The van der Waals surface area contributed by atoms with Crippen molar-refractivity contribution in [2.24, 2.45) is 0 Å². The number of furan rings is 2. The van der Waals surface area contributed by atoms with Crippen molar-refractivity contribution in [2.45, 2.75) is 39.2 Å². The molecule has 6 rings (SSSR count). The average Bonchev–Trinajstić information content (AvgIpc) is 3.56. The van der Waals surface area contributed by atoms with Crippen molar-refractivity contribution in [2.75, 3.05) is 45.9 Å². The maximum absolute atomic E-state index is 12.0. The van der Waals surface area contributed by atoms with Crippen LogP contribution < -0.4 is 10.1 Å². The Morgan fingerprint density at radius 3 is 2.51 bits per heavy atom. The zero-order chi connectivity index (χ0) is 28.2. The van der Waals surface area contributed by atoms with E-state index in [1.165, 1.54) is 0 Å². The molecule has 1 amide bonds. The number of nitrogens with zero attached hydrogens (tertiary/aromatic N) is 2. The van der Waals surface area contributed by atoms with Gasteiger partial charge in [-0.1, -0.05) is 36.4 Å². The molecule has 0 aliphatic carbocycles. The summed E-state index contributed by atoms with van der Waals surface area (Å²) in [5.41, 5.74) is 4.64. The molecule has 1 N–H and O–H groups in total. The molecule has 3 aromatic carbocycles. The smallest absolute Gasteiger partial charge is 0.234 e. The first-order valence-electron chi connectivity index (χ1n) is 14.8. The van der Waals surface area contributed by atoms with Crippen molar-refractivity contribution in [1.29, 1.82) is 0 Å². The van der Waals surface area contributed by atoms with Crippen molar-refractivity contribution in [3.63, 3.8) is 0 Å². The van der Waals surface area contributed by atoms with E-state index in [-0.39, 0.29) is 11.9 Å². The summed E-state index contributed by atoms with van der Waals surface area (Å²) in [5, 5.41) is 6.26. The molecule has 0 saturated carbocycles. The molecule has 7 nitrogen and oxygen atoms in total. The third-order valence-corrected chi connectivity index (χ3v) is 7.91. The molecule has 1 fully saturated rings. The molecule has 0 atom stereocenters. The summed E-state index contributed by atoms with van der Waals surface area (Å²) in [6, 6.07) is 20.7. The van der Waals surface area contributed by atoms with Crippen LogP contribution in [0.1, 0.15) is 33.1 Å². The van der Waals surface area contributed by atoms with E-state index in [4.69, 9.17) is 13.6 Å². The number of hydrogen-bond acceptors (Lipinski definition) is 6. The van der Waals surface area contributed by atoms with Gasteiger partial charge in [-0.15, -0.1) is 0 Å². The van der Waals surface area contributed by atoms with Crippen molar-refractivity contribution in [1.82, 2.24) is 15.1 Å². The minimum absolute atomic E-state index is 0.125. The van der Waals surface area contributed by atoms with Crippen LogP contribution >= 0.6 is 0 Å². The number of carbonyl (C=O) groups excluding carboxylic acids is 1. The van der Waals surface area contributed by atoms with E-state index in [0.717, 1.165) is 102 Å². The Kier molecular flexibility index (Phi) is 8.26. The largest absolute Gasteiger partial charge is 0.493 e. The topological polar surface area (TPSA) is 71.1 Å². The average molecular weight is 554 g/mol. The van der Waals surface area contributed by atoms with Crippen molar-refractivity contribution in [3.8, 4) is 16.9 Å². The molecule has 0 unspecified atom stereocenters. The second-order valence-corrected chi connectivity index (χ2v) is 11.3. The van der Waals surface area contributed by atoms with Gasteiger partial charge in [0.1, 0.15) is 22.5 Å². The van der Waals surface area contributed by atoms with Crippen LogP contribution in [0.25, 0.3) is 44.0 Å². The van der Waals surface area contributed by atoms with Gasteiger partial charge in [0.2, 0.25) is 5.91 Å². The van der Waals surface area contributed by atoms with Crippen LogP contribution in [-0.4, -0.2) is 67.6 Å². The lowest BCUT2D eigenvalue weighted by molar-refractivity contribution is -0.123. The lowest BCUT2D eigenvalue weighted by atomic mass is 10.0. The van der Waals surface area contributed by atoms with Crippen LogP contribution in [0.4, 0.5) is 0 Å².